The molecule has 4 aromatic heterocycles. The fourth-order valence-electron chi connectivity index (χ4n) is 3.67. The molecular formula is C19H21N9OS. The van der Waals surface area contributed by atoms with E-state index < -0.39 is 0 Å². The summed E-state index contributed by atoms with van der Waals surface area (Å²) in [5, 5.41) is 12.0. The lowest BCUT2D eigenvalue weighted by atomic mass is 10.2. The molecule has 5 heterocycles. The first-order valence-corrected chi connectivity index (χ1v) is 10.5. The summed E-state index contributed by atoms with van der Waals surface area (Å²) in [4.78, 5) is 30.7. The first-order valence-electron chi connectivity index (χ1n) is 9.65. The number of anilines is 1. The summed E-state index contributed by atoms with van der Waals surface area (Å²) in [6, 6.07) is 0. The number of fused-ring (bicyclic) bond motifs is 1. The first-order chi connectivity index (χ1) is 14.5. The third kappa shape index (κ3) is 3.20. The maximum Gasteiger partial charge on any atom is 0.273 e. The van der Waals surface area contributed by atoms with Crippen molar-refractivity contribution in [3.8, 4) is 10.6 Å². The predicted octanol–water partition coefficient (Wildman–Crippen LogP) is 1.49. The molecule has 10 nitrogen and oxygen atoms in total. The third-order valence-corrected chi connectivity index (χ3v) is 6.12. The highest BCUT2D eigenvalue weighted by atomic mass is 32.1. The van der Waals surface area contributed by atoms with Crippen molar-refractivity contribution in [3.05, 3.63) is 35.5 Å². The van der Waals surface area contributed by atoms with Gasteiger partial charge in [0.2, 0.25) is 0 Å². The minimum Gasteiger partial charge on any atom is -0.352 e. The van der Waals surface area contributed by atoms with Crippen LogP contribution in [-0.4, -0.2) is 71.5 Å². The number of piperazine rings is 1. The van der Waals surface area contributed by atoms with Crippen molar-refractivity contribution >= 4 is 34.1 Å². The van der Waals surface area contributed by atoms with Gasteiger partial charge in [0.1, 0.15) is 22.3 Å². The van der Waals surface area contributed by atoms with Crippen LogP contribution in [0.1, 0.15) is 16.3 Å². The number of aromatic nitrogens is 7. The standard InChI is InChI=1S/C19H21N9OS/c1-12-22-16-14(9-21-26(16)3)17(23-12)27-4-6-28(7-5-27)19(29)15-11-30-18(24-15)13-8-20-25(2)10-13/h8-11H,4-7H2,1-3H3. The van der Waals surface area contributed by atoms with Gasteiger partial charge < -0.3 is 9.80 Å². The van der Waals surface area contributed by atoms with Crippen molar-refractivity contribution in [2.75, 3.05) is 31.1 Å². The normalized spacial score (nSPS) is 14.6. The van der Waals surface area contributed by atoms with Gasteiger partial charge in [0.05, 0.1) is 17.8 Å². The van der Waals surface area contributed by atoms with Gasteiger partial charge in [-0.3, -0.25) is 14.2 Å². The topological polar surface area (TPSA) is 97.9 Å². The minimum absolute atomic E-state index is 0.0357. The monoisotopic (exact) mass is 423 g/mol. The van der Waals surface area contributed by atoms with Crippen molar-refractivity contribution in [2.24, 2.45) is 14.1 Å². The second-order valence-electron chi connectivity index (χ2n) is 7.32. The number of amides is 1. The van der Waals surface area contributed by atoms with Crippen LogP contribution in [0, 0.1) is 6.92 Å². The Bertz CT molecular complexity index is 1230. The van der Waals surface area contributed by atoms with Crippen molar-refractivity contribution in [1.82, 2.24) is 39.4 Å². The van der Waals surface area contributed by atoms with E-state index in [9.17, 15) is 4.79 Å². The Kier molecular flexibility index (Phi) is 4.46. The van der Waals surface area contributed by atoms with Crippen molar-refractivity contribution in [3.63, 3.8) is 0 Å². The lowest BCUT2D eigenvalue weighted by Gasteiger charge is -2.35. The van der Waals surface area contributed by atoms with E-state index in [1.807, 2.05) is 37.5 Å². The highest BCUT2D eigenvalue weighted by Crippen LogP contribution is 2.26. The van der Waals surface area contributed by atoms with Gasteiger partial charge >= 0.3 is 0 Å². The summed E-state index contributed by atoms with van der Waals surface area (Å²) >= 11 is 1.46. The zero-order valence-corrected chi connectivity index (χ0v) is 17.8. The zero-order chi connectivity index (χ0) is 20.8. The molecule has 0 atom stereocenters. The lowest BCUT2D eigenvalue weighted by Crippen LogP contribution is -2.49. The molecule has 1 saturated heterocycles. The van der Waals surface area contributed by atoms with Crippen LogP contribution in [0.4, 0.5) is 5.82 Å². The highest BCUT2D eigenvalue weighted by Gasteiger charge is 2.26. The first kappa shape index (κ1) is 18.7. The van der Waals surface area contributed by atoms with E-state index in [0.717, 1.165) is 27.4 Å². The van der Waals surface area contributed by atoms with Gasteiger partial charge in [0.15, 0.2) is 5.65 Å². The number of aryl methyl sites for hydroxylation is 3. The molecule has 1 fully saturated rings. The molecule has 5 rings (SSSR count). The van der Waals surface area contributed by atoms with E-state index in [-0.39, 0.29) is 5.91 Å². The Morgan fingerprint density at radius 2 is 1.83 bits per heavy atom. The number of nitrogens with zero attached hydrogens (tertiary/aromatic N) is 9. The molecule has 1 aliphatic rings. The van der Waals surface area contributed by atoms with E-state index >= 15 is 0 Å². The van der Waals surface area contributed by atoms with Gasteiger partial charge in [0.25, 0.3) is 5.91 Å². The Morgan fingerprint density at radius 1 is 1.03 bits per heavy atom. The van der Waals surface area contributed by atoms with E-state index in [4.69, 9.17) is 0 Å². The fourth-order valence-corrected chi connectivity index (χ4v) is 4.44. The third-order valence-electron chi connectivity index (χ3n) is 5.23. The lowest BCUT2D eigenvalue weighted by molar-refractivity contribution is 0.0741. The molecule has 0 radical (unpaired) electrons. The van der Waals surface area contributed by atoms with E-state index in [2.05, 4.69) is 30.0 Å². The molecule has 11 heteroatoms. The molecular weight excluding hydrogens is 402 g/mol. The predicted molar refractivity (Wildman–Crippen MR) is 113 cm³/mol. The Labute approximate surface area is 176 Å². The largest absolute Gasteiger partial charge is 0.352 e. The summed E-state index contributed by atoms with van der Waals surface area (Å²) in [6.07, 6.45) is 5.46. The summed E-state index contributed by atoms with van der Waals surface area (Å²) < 4.78 is 3.49. The number of carbonyl (C=O) groups excluding carboxylic acids is 1. The molecule has 4 aromatic rings. The van der Waals surface area contributed by atoms with Gasteiger partial charge in [-0.2, -0.15) is 10.2 Å². The van der Waals surface area contributed by atoms with Gasteiger partial charge in [0, 0.05) is 57.4 Å². The minimum atomic E-state index is -0.0357. The molecule has 0 bridgehead atoms. The quantitative estimate of drug-likeness (QED) is 0.492. The molecule has 30 heavy (non-hydrogen) atoms. The average molecular weight is 424 g/mol. The van der Waals surface area contributed by atoms with Crippen LogP contribution >= 0.6 is 11.3 Å². The fraction of sp³-hybridized carbons (Fsp3) is 0.368. The maximum atomic E-state index is 13.0. The summed E-state index contributed by atoms with van der Waals surface area (Å²) in [5.41, 5.74) is 2.23. The van der Waals surface area contributed by atoms with Crippen LogP contribution in [0.2, 0.25) is 0 Å². The summed E-state index contributed by atoms with van der Waals surface area (Å²) in [6.45, 7) is 4.52. The van der Waals surface area contributed by atoms with Crippen LogP contribution in [0.15, 0.2) is 24.0 Å². The Balaban J connectivity index is 1.31. The molecule has 0 aliphatic carbocycles. The molecule has 154 valence electrons. The van der Waals surface area contributed by atoms with Gasteiger partial charge in [-0.05, 0) is 6.92 Å². The molecule has 1 amide bonds. The molecule has 0 N–H and O–H groups in total. The van der Waals surface area contributed by atoms with Crippen molar-refractivity contribution < 1.29 is 4.79 Å². The highest BCUT2D eigenvalue weighted by molar-refractivity contribution is 7.13. The van der Waals surface area contributed by atoms with Gasteiger partial charge in [-0.25, -0.2) is 15.0 Å². The van der Waals surface area contributed by atoms with Gasteiger partial charge in [-0.1, -0.05) is 0 Å². The Hall–Kier alpha value is -3.34. The van der Waals surface area contributed by atoms with Crippen molar-refractivity contribution in [2.45, 2.75) is 6.92 Å². The van der Waals surface area contributed by atoms with E-state index in [1.165, 1.54) is 11.3 Å². The van der Waals surface area contributed by atoms with Crippen LogP contribution in [0.3, 0.4) is 0 Å². The van der Waals surface area contributed by atoms with Crippen LogP contribution in [0.25, 0.3) is 21.6 Å². The maximum absolute atomic E-state index is 13.0. The second kappa shape index (κ2) is 7.17. The molecule has 0 unspecified atom stereocenters. The molecule has 1 aliphatic heterocycles. The molecule has 0 saturated carbocycles. The van der Waals surface area contributed by atoms with Crippen LogP contribution in [0.5, 0.6) is 0 Å². The number of hydrogen-bond acceptors (Lipinski definition) is 8. The number of rotatable bonds is 3. The molecule has 0 spiro atoms. The number of carbonyl (C=O) groups is 1. The summed E-state index contributed by atoms with van der Waals surface area (Å²) in [5.74, 6) is 1.56. The van der Waals surface area contributed by atoms with Crippen LogP contribution in [-0.2, 0) is 14.1 Å². The van der Waals surface area contributed by atoms with Crippen molar-refractivity contribution in [1.29, 1.82) is 0 Å². The SMILES string of the molecule is Cc1nc(N2CCN(C(=O)c3csc(-c4cnn(C)c4)n3)CC2)c2cnn(C)c2n1. The average Bonchev–Trinajstić information content (AvgIpc) is 3.48. The van der Waals surface area contributed by atoms with E-state index in [1.54, 1.807) is 21.8 Å². The second-order valence-corrected chi connectivity index (χ2v) is 8.18. The van der Waals surface area contributed by atoms with E-state index in [0.29, 0.717) is 37.7 Å². The number of hydrogen-bond donors (Lipinski definition) is 0. The van der Waals surface area contributed by atoms with Gasteiger partial charge in [-0.15, -0.1) is 11.3 Å². The Morgan fingerprint density at radius 3 is 2.57 bits per heavy atom. The smallest absolute Gasteiger partial charge is 0.273 e. The summed E-state index contributed by atoms with van der Waals surface area (Å²) in [7, 11) is 3.74. The zero-order valence-electron chi connectivity index (χ0n) is 17.0. The molecule has 0 aromatic carbocycles. The van der Waals surface area contributed by atoms with Crippen LogP contribution < -0.4 is 4.90 Å². The number of thiazole rings is 1.